The monoisotopic (exact) mass is 317 g/mol. The molecule has 1 atom stereocenters. The Balaban J connectivity index is 2.14. The Morgan fingerprint density at radius 3 is 1.77 bits per heavy atom. The van der Waals surface area contributed by atoms with Gasteiger partial charge in [0.2, 0.25) is 0 Å². The number of nitrogens with zero attached hydrogens (tertiary/aromatic N) is 1. The summed E-state index contributed by atoms with van der Waals surface area (Å²) in [6, 6.07) is 12.2. The van der Waals surface area contributed by atoms with Crippen molar-refractivity contribution in [2.24, 2.45) is 0 Å². The van der Waals surface area contributed by atoms with Crippen LogP contribution in [0.4, 0.5) is 11.4 Å². The van der Waals surface area contributed by atoms with Crippen LogP contribution in [0.25, 0.3) is 0 Å². The molecule has 1 aliphatic heterocycles. The molecule has 0 fully saturated rings. The van der Waals surface area contributed by atoms with Gasteiger partial charge in [0, 0.05) is 16.9 Å². The highest BCUT2D eigenvalue weighted by Gasteiger charge is 2.27. The molecule has 1 heterocycles. The van der Waals surface area contributed by atoms with Gasteiger partial charge in [0.05, 0.1) is 25.6 Å². The maximum Gasteiger partial charge on any atom is 0.131 e. The van der Waals surface area contributed by atoms with E-state index in [0.29, 0.717) is 0 Å². The van der Waals surface area contributed by atoms with E-state index in [1.165, 1.54) is 0 Å². The molecule has 22 heavy (non-hydrogen) atoms. The summed E-state index contributed by atoms with van der Waals surface area (Å²) >= 11 is 1.72. The van der Waals surface area contributed by atoms with Gasteiger partial charge in [0.25, 0.3) is 0 Å². The Morgan fingerprint density at radius 1 is 0.864 bits per heavy atom. The lowest BCUT2D eigenvalue weighted by atomic mass is 10.2. The minimum atomic E-state index is -0.0693. The molecule has 0 amide bonds. The standard InChI is InChI=1S/C17H19NO3S/c1-11(19-2)18-14-7-5-12(20-3)9-16(14)22-17-10-13(21-4)6-8-15(17)18/h5-11H,1-4H3. The summed E-state index contributed by atoms with van der Waals surface area (Å²) in [7, 11) is 5.09. The van der Waals surface area contributed by atoms with Crippen molar-refractivity contribution in [3.05, 3.63) is 36.4 Å². The van der Waals surface area contributed by atoms with Crippen molar-refractivity contribution in [3.63, 3.8) is 0 Å². The predicted molar refractivity (Wildman–Crippen MR) is 88.7 cm³/mol. The van der Waals surface area contributed by atoms with E-state index in [1.807, 2.05) is 19.1 Å². The first-order valence-electron chi connectivity index (χ1n) is 7.04. The fourth-order valence-corrected chi connectivity index (χ4v) is 3.68. The smallest absolute Gasteiger partial charge is 0.131 e. The normalized spacial score (nSPS) is 14.1. The summed E-state index contributed by atoms with van der Waals surface area (Å²) in [5.41, 5.74) is 2.25. The highest BCUT2D eigenvalue weighted by atomic mass is 32.2. The van der Waals surface area contributed by atoms with E-state index in [-0.39, 0.29) is 6.23 Å². The van der Waals surface area contributed by atoms with Crippen LogP contribution in [0.2, 0.25) is 0 Å². The maximum atomic E-state index is 5.57. The summed E-state index contributed by atoms with van der Waals surface area (Å²) < 4.78 is 16.3. The van der Waals surface area contributed by atoms with Crippen LogP contribution in [0.1, 0.15) is 6.92 Å². The van der Waals surface area contributed by atoms with E-state index in [4.69, 9.17) is 14.2 Å². The summed E-state index contributed by atoms with van der Waals surface area (Å²) in [5, 5.41) is 0. The first-order valence-corrected chi connectivity index (χ1v) is 7.85. The second kappa shape index (κ2) is 6.10. The van der Waals surface area contributed by atoms with Crippen molar-refractivity contribution in [2.75, 3.05) is 26.2 Å². The van der Waals surface area contributed by atoms with Crippen LogP contribution >= 0.6 is 11.8 Å². The predicted octanol–water partition coefficient (Wildman–Crippen LogP) is 4.30. The van der Waals surface area contributed by atoms with E-state index in [0.717, 1.165) is 32.7 Å². The number of fused-ring (bicyclic) bond motifs is 2. The second-order valence-electron chi connectivity index (χ2n) is 4.97. The lowest BCUT2D eigenvalue weighted by Crippen LogP contribution is -2.32. The molecule has 0 saturated carbocycles. The number of rotatable bonds is 4. The molecule has 0 aromatic heterocycles. The number of anilines is 2. The van der Waals surface area contributed by atoms with Gasteiger partial charge in [0.1, 0.15) is 17.7 Å². The molecule has 3 rings (SSSR count). The largest absolute Gasteiger partial charge is 0.497 e. The third-order valence-corrected chi connectivity index (χ3v) is 4.87. The Labute approximate surface area is 135 Å². The molecule has 2 aromatic rings. The van der Waals surface area contributed by atoms with Crippen molar-refractivity contribution >= 4 is 23.1 Å². The van der Waals surface area contributed by atoms with Crippen LogP contribution in [0.15, 0.2) is 46.2 Å². The average Bonchev–Trinajstić information content (AvgIpc) is 2.57. The molecule has 0 spiro atoms. The van der Waals surface area contributed by atoms with Gasteiger partial charge in [-0.3, -0.25) is 0 Å². The third kappa shape index (κ3) is 2.51. The van der Waals surface area contributed by atoms with Crippen molar-refractivity contribution in [3.8, 4) is 11.5 Å². The minimum Gasteiger partial charge on any atom is -0.497 e. The molecule has 2 aromatic carbocycles. The molecule has 4 nitrogen and oxygen atoms in total. The zero-order valence-corrected chi connectivity index (χ0v) is 13.9. The van der Waals surface area contributed by atoms with Gasteiger partial charge in [-0.2, -0.15) is 0 Å². The van der Waals surface area contributed by atoms with Crippen molar-refractivity contribution in [2.45, 2.75) is 22.9 Å². The Kier molecular flexibility index (Phi) is 4.18. The van der Waals surface area contributed by atoms with Gasteiger partial charge >= 0.3 is 0 Å². The first kappa shape index (κ1) is 15.1. The molecular formula is C17H19NO3S. The van der Waals surface area contributed by atoms with Crippen LogP contribution in [0, 0.1) is 0 Å². The quantitative estimate of drug-likeness (QED) is 0.839. The zero-order chi connectivity index (χ0) is 15.7. The Bertz CT molecular complexity index is 636. The van der Waals surface area contributed by atoms with Gasteiger partial charge in [0.15, 0.2) is 0 Å². The van der Waals surface area contributed by atoms with Crippen LogP contribution < -0.4 is 14.4 Å². The molecule has 1 unspecified atom stereocenters. The number of benzene rings is 2. The fraction of sp³-hybridized carbons (Fsp3) is 0.294. The van der Waals surface area contributed by atoms with Gasteiger partial charge in [-0.25, -0.2) is 0 Å². The van der Waals surface area contributed by atoms with E-state index in [2.05, 4.69) is 29.2 Å². The Hall–Kier alpha value is -1.85. The van der Waals surface area contributed by atoms with Gasteiger partial charge in [-0.05, 0) is 43.3 Å². The van der Waals surface area contributed by atoms with Gasteiger partial charge < -0.3 is 19.1 Å². The van der Waals surface area contributed by atoms with Crippen molar-refractivity contribution < 1.29 is 14.2 Å². The number of methoxy groups -OCH3 is 3. The number of hydrogen-bond acceptors (Lipinski definition) is 5. The van der Waals surface area contributed by atoms with Crippen molar-refractivity contribution in [1.82, 2.24) is 0 Å². The van der Waals surface area contributed by atoms with E-state index in [9.17, 15) is 0 Å². The van der Waals surface area contributed by atoms with Crippen LogP contribution in [-0.2, 0) is 4.74 Å². The molecular weight excluding hydrogens is 298 g/mol. The van der Waals surface area contributed by atoms with Gasteiger partial charge in [-0.15, -0.1) is 0 Å². The van der Waals surface area contributed by atoms with Gasteiger partial charge in [-0.1, -0.05) is 11.8 Å². The highest BCUT2D eigenvalue weighted by molar-refractivity contribution is 7.99. The topological polar surface area (TPSA) is 30.9 Å². The Morgan fingerprint density at radius 2 is 1.36 bits per heavy atom. The second-order valence-corrected chi connectivity index (χ2v) is 6.06. The minimum absolute atomic E-state index is 0.0693. The maximum absolute atomic E-state index is 5.57. The first-order chi connectivity index (χ1) is 10.7. The lowest BCUT2D eigenvalue weighted by molar-refractivity contribution is 0.123. The van der Waals surface area contributed by atoms with Crippen LogP contribution in [0.5, 0.6) is 11.5 Å². The SMILES string of the molecule is COc1ccc2c(c1)Sc1cc(OC)ccc1N2C(C)OC. The molecule has 1 aliphatic rings. The van der Waals surface area contributed by atoms with Crippen molar-refractivity contribution in [1.29, 1.82) is 0 Å². The molecule has 0 radical (unpaired) electrons. The van der Waals surface area contributed by atoms with E-state index in [1.54, 1.807) is 33.1 Å². The number of ether oxygens (including phenoxy) is 3. The zero-order valence-electron chi connectivity index (χ0n) is 13.1. The van der Waals surface area contributed by atoms with E-state index >= 15 is 0 Å². The molecule has 0 bridgehead atoms. The molecule has 5 heteroatoms. The summed E-state index contributed by atoms with van der Waals surface area (Å²) in [5.74, 6) is 1.70. The fourth-order valence-electron chi connectivity index (χ4n) is 2.55. The summed E-state index contributed by atoms with van der Waals surface area (Å²) in [4.78, 5) is 4.48. The van der Waals surface area contributed by atoms with Crippen LogP contribution in [-0.4, -0.2) is 27.6 Å². The number of hydrogen-bond donors (Lipinski definition) is 0. The highest BCUT2D eigenvalue weighted by Crippen LogP contribution is 2.50. The molecule has 0 aliphatic carbocycles. The molecule has 0 saturated heterocycles. The molecule has 116 valence electrons. The van der Waals surface area contributed by atoms with E-state index < -0.39 is 0 Å². The molecule has 0 N–H and O–H groups in total. The van der Waals surface area contributed by atoms with Crippen LogP contribution in [0.3, 0.4) is 0 Å². The summed E-state index contributed by atoms with van der Waals surface area (Å²) in [6.45, 7) is 2.04. The average molecular weight is 317 g/mol. The third-order valence-electron chi connectivity index (χ3n) is 3.78. The lowest BCUT2D eigenvalue weighted by Gasteiger charge is -2.36. The summed E-state index contributed by atoms with van der Waals surface area (Å²) in [6.07, 6.45) is -0.0693.